The molecule has 0 saturated heterocycles. The first-order valence-corrected chi connectivity index (χ1v) is 11.0. The van der Waals surface area contributed by atoms with Crippen molar-refractivity contribution < 1.29 is 18.4 Å². The Labute approximate surface area is 189 Å². The van der Waals surface area contributed by atoms with Gasteiger partial charge in [0, 0.05) is 24.6 Å². The summed E-state index contributed by atoms with van der Waals surface area (Å²) in [5.41, 5.74) is 7.65. The van der Waals surface area contributed by atoms with Crippen molar-refractivity contribution in [2.45, 2.75) is 53.2 Å². The summed E-state index contributed by atoms with van der Waals surface area (Å²) in [5, 5.41) is 0.889. The summed E-state index contributed by atoms with van der Waals surface area (Å²) in [6.45, 7) is 15.0. The van der Waals surface area contributed by atoms with Gasteiger partial charge in [-0.15, -0.1) is 0 Å². The number of hydrogen-bond acceptors (Lipinski definition) is 2. The number of fused-ring (bicyclic) bond motifs is 5. The molecule has 0 amide bonds. The van der Waals surface area contributed by atoms with Crippen LogP contribution in [-0.2, 0) is 16.0 Å². The van der Waals surface area contributed by atoms with Gasteiger partial charge in [0.15, 0.2) is 6.54 Å². The molecule has 2 atom stereocenters. The van der Waals surface area contributed by atoms with E-state index in [1.807, 2.05) is 39.0 Å². The first kappa shape index (κ1) is 22.2. The minimum Gasteiger partial charge on any atom is -0.466 e. The van der Waals surface area contributed by atoms with Crippen molar-refractivity contribution in [3.05, 3.63) is 88.6 Å². The first-order valence-electron chi connectivity index (χ1n) is 11.0. The van der Waals surface area contributed by atoms with Crippen LogP contribution in [-0.4, -0.2) is 13.2 Å². The van der Waals surface area contributed by atoms with E-state index in [1.165, 1.54) is 22.3 Å². The van der Waals surface area contributed by atoms with E-state index in [-0.39, 0.29) is 17.8 Å². The molecule has 2 aromatic carbocycles. The molecule has 0 N–H and O–H groups in total. The molecule has 2 heterocycles. The lowest BCUT2D eigenvalue weighted by atomic mass is 9.83. The van der Waals surface area contributed by atoms with E-state index in [4.69, 9.17) is 9.47 Å². The number of rotatable bonds is 5. The number of allylic oxidation sites excluding steroid dienone is 2. The van der Waals surface area contributed by atoms with Gasteiger partial charge < -0.3 is 9.47 Å². The van der Waals surface area contributed by atoms with Crippen LogP contribution in [0.15, 0.2) is 60.6 Å². The van der Waals surface area contributed by atoms with Crippen molar-refractivity contribution >= 4 is 10.9 Å². The maximum atomic E-state index is 14.2. The second kappa shape index (κ2) is 8.51. The average Bonchev–Trinajstić information content (AvgIpc) is 2.73. The molecule has 0 aliphatic carbocycles. The summed E-state index contributed by atoms with van der Waals surface area (Å²) in [6, 6.07) is 12.1. The minimum atomic E-state index is -0.182. The minimum absolute atomic E-state index is 0.0275. The summed E-state index contributed by atoms with van der Waals surface area (Å²) >= 11 is 0. The van der Waals surface area contributed by atoms with Crippen LogP contribution in [0.3, 0.4) is 0 Å². The summed E-state index contributed by atoms with van der Waals surface area (Å²) < 4.78 is 28.0. The molecule has 0 radical (unpaired) electrons. The highest BCUT2D eigenvalue weighted by atomic mass is 19.1. The Morgan fingerprint density at radius 1 is 1.16 bits per heavy atom. The first-order chi connectivity index (χ1) is 15.2. The van der Waals surface area contributed by atoms with E-state index in [0.717, 1.165) is 22.4 Å². The van der Waals surface area contributed by atoms with Crippen LogP contribution < -0.4 is 4.57 Å². The lowest BCUT2D eigenvalue weighted by Gasteiger charge is -2.28. The Morgan fingerprint density at radius 2 is 1.91 bits per heavy atom. The lowest BCUT2D eigenvalue weighted by Crippen LogP contribution is -2.44. The van der Waals surface area contributed by atoms with Crippen LogP contribution in [0.25, 0.3) is 22.2 Å². The fourth-order valence-corrected chi connectivity index (χ4v) is 4.77. The average molecular weight is 433 g/mol. The summed E-state index contributed by atoms with van der Waals surface area (Å²) in [6.07, 6.45) is 1.90. The zero-order valence-electron chi connectivity index (χ0n) is 19.8. The number of aromatic nitrogens is 1. The molecular formula is C28H31FNO2+. The third-order valence-electron chi connectivity index (χ3n) is 6.35. The number of ether oxygens (including phenoxy) is 2. The Kier molecular flexibility index (Phi) is 5.91. The molecular weight excluding hydrogens is 401 g/mol. The van der Waals surface area contributed by atoms with Crippen molar-refractivity contribution in [1.29, 1.82) is 0 Å². The van der Waals surface area contributed by atoms with E-state index in [9.17, 15) is 4.39 Å². The number of pyridine rings is 1. The van der Waals surface area contributed by atoms with Gasteiger partial charge >= 0.3 is 0 Å². The van der Waals surface area contributed by atoms with Crippen molar-refractivity contribution in [3.8, 4) is 11.3 Å². The predicted molar refractivity (Wildman–Crippen MR) is 127 cm³/mol. The zero-order valence-corrected chi connectivity index (χ0v) is 19.8. The van der Waals surface area contributed by atoms with E-state index in [1.54, 1.807) is 13.2 Å². The Balaban J connectivity index is 1.87. The number of benzene rings is 2. The fourth-order valence-electron chi connectivity index (χ4n) is 4.77. The largest absolute Gasteiger partial charge is 0.466 e. The SMILES string of the molecule is C=C(O/C(C)=C\C(C)OC)C1C[n+]2c(ccc3cc(F)c(C)cc32)-c2cc(C)cc(C)c21. The van der Waals surface area contributed by atoms with Crippen LogP contribution in [0.5, 0.6) is 0 Å². The quantitative estimate of drug-likeness (QED) is 0.343. The maximum absolute atomic E-state index is 14.2. The smallest absolute Gasteiger partial charge is 0.213 e. The van der Waals surface area contributed by atoms with Gasteiger partial charge in [0.25, 0.3) is 0 Å². The highest BCUT2D eigenvalue weighted by Crippen LogP contribution is 2.40. The molecule has 4 rings (SSSR count). The summed E-state index contributed by atoms with van der Waals surface area (Å²) in [5.74, 6) is 1.25. The molecule has 166 valence electrons. The number of methoxy groups -OCH3 is 1. The number of hydrogen-bond donors (Lipinski definition) is 0. The summed E-state index contributed by atoms with van der Waals surface area (Å²) in [7, 11) is 1.68. The third-order valence-corrected chi connectivity index (χ3v) is 6.35. The molecule has 0 saturated carbocycles. The molecule has 1 aliphatic heterocycles. The zero-order chi connectivity index (χ0) is 23.2. The standard InChI is InChI=1S/C28H31FNO2/c1-16-10-18(3)28-23(11-16)26-9-8-22-14-25(29)17(2)12-27(22)30(26)15-24(28)21(6)32-20(5)13-19(4)31-7/h8-14,19,24H,6,15H2,1-5,7H3/q+1/b20-13-. The van der Waals surface area contributed by atoms with Crippen LogP contribution in [0.1, 0.15) is 42.0 Å². The monoisotopic (exact) mass is 432 g/mol. The van der Waals surface area contributed by atoms with Gasteiger partial charge in [-0.05, 0) is 75.6 Å². The van der Waals surface area contributed by atoms with E-state index >= 15 is 0 Å². The number of halogens is 1. The second-order valence-corrected chi connectivity index (χ2v) is 8.87. The highest BCUT2D eigenvalue weighted by Gasteiger charge is 2.36. The molecule has 1 aliphatic rings. The second-order valence-electron chi connectivity index (χ2n) is 8.87. The molecule has 2 unspecified atom stereocenters. The van der Waals surface area contributed by atoms with E-state index < -0.39 is 0 Å². The molecule has 32 heavy (non-hydrogen) atoms. The van der Waals surface area contributed by atoms with Gasteiger partial charge in [-0.25, -0.2) is 4.39 Å². The van der Waals surface area contributed by atoms with E-state index in [2.05, 4.69) is 43.2 Å². The van der Waals surface area contributed by atoms with Gasteiger partial charge in [0.05, 0.1) is 17.4 Å². The van der Waals surface area contributed by atoms with Crippen molar-refractivity contribution in [2.24, 2.45) is 0 Å². The van der Waals surface area contributed by atoms with Crippen molar-refractivity contribution in [1.82, 2.24) is 0 Å². The maximum Gasteiger partial charge on any atom is 0.213 e. The lowest BCUT2D eigenvalue weighted by molar-refractivity contribution is -0.664. The van der Waals surface area contributed by atoms with Crippen molar-refractivity contribution in [2.75, 3.05) is 7.11 Å². The van der Waals surface area contributed by atoms with Gasteiger partial charge in [0.2, 0.25) is 11.2 Å². The topological polar surface area (TPSA) is 22.3 Å². The molecule has 1 aromatic heterocycles. The summed E-state index contributed by atoms with van der Waals surface area (Å²) in [4.78, 5) is 0. The third kappa shape index (κ3) is 3.95. The fraction of sp³-hybridized carbons (Fsp3) is 0.321. The van der Waals surface area contributed by atoms with Gasteiger partial charge in [0.1, 0.15) is 17.5 Å². The molecule has 0 bridgehead atoms. The van der Waals surface area contributed by atoms with E-state index in [0.29, 0.717) is 17.9 Å². The number of aryl methyl sites for hydroxylation is 3. The van der Waals surface area contributed by atoms with Crippen LogP contribution in [0.2, 0.25) is 0 Å². The Hall–Kier alpha value is -2.98. The molecule has 4 heteroatoms. The van der Waals surface area contributed by atoms with Gasteiger partial charge in [-0.3, -0.25) is 0 Å². The predicted octanol–water partition coefficient (Wildman–Crippen LogP) is 6.42. The molecule has 0 fully saturated rings. The molecule has 3 aromatic rings. The van der Waals surface area contributed by atoms with Gasteiger partial charge in [-0.1, -0.05) is 18.2 Å². The normalized spacial score (nSPS) is 16.5. The van der Waals surface area contributed by atoms with Crippen LogP contribution >= 0.6 is 0 Å². The Morgan fingerprint density at radius 3 is 2.62 bits per heavy atom. The van der Waals surface area contributed by atoms with Crippen LogP contribution in [0, 0.1) is 26.6 Å². The number of nitrogens with zero attached hydrogens (tertiary/aromatic N) is 1. The molecule has 0 spiro atoms. The van der Waals surface area contributed by atoms with Gasteiger partial charge in [-0.2, -0.15) is 4.57 Å². The van der Waals surface area contributed by atoms with Crippen molar-refractivity contribution in [3.63, 3.8) is 0 Å². The Bertz CT molecular complexity index is 1260. The highest BCUT2D eigenvalue weighted by molar-refractivity contribution is 5.80. The molecule has 3 nitrogen and oxygen atoms in total. The van der Waals surface area contributed by atoms with Crippen LogP contribution in [0.4, 0.5) is 4.39 Å².